The number of aromatic nitrogens is 4. The molecule has 0 aliphatic heterocycles. The van der Waals surface area contributed by atoms with Crippen molar-refractivity contribution in [2.24, 2.45) is 0 Å². The second kappa shape index (κ2) is 8.60. The molecule has 0 aliphatic carbocycles. The monoisotopic (exact) mass is 472 g/mol. The van der Waals surface area contributed by atoms with Crippen molar-refractivity contribution in [3.63, 3.8) is 0 Å². The van der Waals surface area contributed by atoms with E-state index in [2.05, 4.69) is 15.3 Å². The van der Waals surface area contributed by atoms with E-state index in [1.165, 1.54) is 30.7 Å². The molecule has 2 aromatic carbocycles. The molecule has 2 heterocycles. The van der Waals surface area contributed by atoms with Gasteiger partial charge in [-0.3, -0.25) is 4.79 Å². The first-order valence-corrected chi connectivity index (χ1v) is 10.4. The van der Waals surface area contributed by atoms with E-state index in [1.54, 1.807) is 36.4 Å². The highest BCUT2D eigenvalue weighted by Gasteiger charge is 2.55. The van der Waals surface area contributed by atoms with Crippen LogP contribution in [-0.2, 0) is 12.1 Å². The molecule has 1 atom stereocenters. The Morgan fingerprint density at radius 1 is 1.09 bits per heavy atom. The van der Waals surface area contributed by atoms with E-state index in [0.29, 0.717) is 22.2 Å². The van der Waals surface area contributed by atoms with Crippen LogP contribution in [0.1, 0.15) is 42.0 Å². The van der Waals surface area contributed by atoms with Crippen molar-refractivity contribution in [1.29, 1.82) is 0 Å². The minimum atomic E-state index is -4.89. The lowest BCUT2D eigenvalue weighted by atomic mass is 9.96. The van der Waals surface area contributed by atoms with Gasteiger partial charge in [0.25, 0.3) is 0 Å². The number of carbonyl (C=O) groups excluding carboxylic acids is 1. The second-order valence-corrected chi connectivity index (χ2v) is 7.98. The van der Waals surface area contributed by atoms with E-state index in [-0.39, 0.29) is 23.8 Å². The van der Waals surface area contributed by atoms with Crippen LogP contribution in [0.5, 0.6) is 0 Å². The molecule has 0 unspecified atom stereocenters. The minimum Gasteiger partial charge on any atom is -0.375 e. The van der Waals surface area contributed by atoms with Crippen LogP contribution in [0.15, 0.2) is 54.7 Å². The van der Waals surface area contributed by atoms with Crippen molar-refractivity contribution >= 4 is 16.7 Å². The predicted octanol–water partition coefficient (Wildman–Crippen LogP) is 5.04. The Morgan fingerprint density at radius 3 is 2.41 bits per heavy atom. The average Bonchev–Trinajstić information content (AvgIpc) is 3.26. The van der Waals surface area contributed by atoms with Crippen LogP contribution in [0.3, 0.4) is 0 Å². The first-order valence-electron chi connectivity index (χ1n) is 10.4. The van der Waals surface area contributed by atoms with Crippen LogP contribution in [0.4, 0.5) is 17.6 Å². The third-order valence-corrected chi connectivity index (χ3v) is 5.68. The van der Waals surface area contributed by atoms with E-state index in [0.717, 1.165) is 11.6 Å². The number of pyridine rings is 1. The fourth-order valence-corrected chi connectivity index (χ4v) is 3.70. The topological polar surface area (TPSA) is 80.9 Å². The molecule has 0 spiro atoms. The van der Waals surface area contributed by atoms with Gasteiger partial charge in [0, 0.05) is 12.3 Å². The third-order valence-electron chi connectivity index (χ3n) is 5.68. The summed E-state index contributed by atoms with van der Waals surface area (Å²) in [6, 6.07) is 12.7. The van der Waals surface area contributed by atoms with Crippen molar-refractivity contribution in [3.8, 4) is 11.1 Å². The van der Waals surface area contributed by atoms with Gasteiger partial charge in [0.1, 0.15) is 17.2 Å². The lowest BCUT2D eigenvalue weighted by molar-refractivity contribution is -0.269. The van der Waals surface area contributed by atoms with Gasteiger partial charge in [-0.2, -0.15) is 13.2 Å². The zero-order chi connectivity index (χ0) is 24.7. The van der Waals surface area contributed by atoms with Crippen molar-refractivity contribution in [2.75, 3.05) is 0 Å². The maximum absolute atomic E-state index is 13.4. The van der Waals surface area contributed by atoms with Crippen molar-refractivity contribution in [1.82, 2.24) is 20.0 Å². The molecular weight excluding hydrogens is 452 g/mol. The highest BCUT2D eigenvalue weighted by molar-refractivity contribution is 6.01. The summed E-state index contributed by atoms with van der Waals surface area (Å²) < 4.78 is 54.5. The molecule has 0 saturated carbocycles. The molecule has 34 heavy (non-hydrogen) atoms. The largest absolute Gasteiger partial charge is 0.423 e. The quantitative estimate of drug-likeness (QED) is 0.314. The van der Waals surface area contributed by atoms with Crippen LogP contribution in [-0.4, -0.2) is 37.0 Å². The first kappa shape index (κ1) is 23.5. The number of ketones is 1. The highest BCUT2D eigenvalue weighted by Crippen LogP contribution is 2.40. The van der Waals surface area contributed by atoms with E-state index in [1.807, 2.05) is 0 Å². The lowest BCUT2D eigenvalue weighted by Crippen LogP contribution is -2.42. The lowest BCUT2D eigenvalue weighted by Gasteiger charge is -2.26. The normalized spacial score (nSPS) is 13.7. The van der Waals surface area contributed by atoms with Crippen LogP contribution >= 0.6 is 0 Å². The van der Waals surface area contributed by atoms with E-state index >= 15 is 0 Å². The summed E-state index contributed by atoms with van der Waals surface area (Å²) in [5.41, 5.74) is -0.904. The van der Waals surface area contributed by atoms with Gasteiger partial charge in [-0.15, -0.1) is 5.10 Å². The molecule has 1 N–H and O–H groups in total. The summed E-state index contributed by atoms with van der Waals surface area (Å²) in [6.45, 7) is 2.67. The Labute approximate surface area is 191 Å². The smallest absolute Gasteiger partial charge is 0.375 e. The van der Waals surface area contributed by atoms with Gasteiger partial charge in [0.15, 0.2) is 5.78 Å². The summed E-state index contributed by atoms with van der Waals surface area (Å²) in [6.07, 6.45) is -4.44. The van der Waals surface area contributed by atoms with Crippen LogP contribution in [0.25, 0.3) is 22.0 Å². The number of rotatable bonds is 6. The summed E-state index contributed by atoms with van der Waals surface area (Å²) in [5.74, 6) is -0.633. The molecule has 0 aliphatic rings. The number of aliphatic hydroxyl groups is 1. The minimum absolute atomic E-state index is 0.0679. The van der Waals surface area contributed by atoms with E-state index in [9.17, 15) is 27.5 Å². The van der Waals surface area contributed by atoms with E-state index < -0.39 is 23.9 Å². The molecule has 2 aromatic heterocycles. The highest BCUT2D eigenvalue weighted by atomic mass is 19.4. The molecule has 176 valence electrons. The van der Waals surface area contributed by atoms with Gasteiger partial charge in [-0.1, -0.05) is 36.4 Å². The number of alkyl halides is 3. The number of nitrogens with zero attached hydrogens (tertiary/aromatic N) is 4. The SMILES string of the molecule is CC[C@@](O)(c1cn(Cc2ccc3c(-c4ccc(F)cc4)cc(C(C)=O)nc3c2)nn1)C(F)(F)F. The van der Waals surface area contributed by atoms with Crippen LogP contribution in [0, 0.1) is 5.82 Å². The zero-order valence-corrected chi connectivity index (χ0v) is 18.3. The molecule has 0 bridgehead atoms. The fourth-order valence-electron chi connectivity index (χ4n) is 3.70. The van der Waals surface area contributed by atoms with Crippen molar-refractivity contribution < 1.29 is 27.5 Å². The molecule has 0 radical (unpaired) electrons. The number of benzene rings is 2. The number of Topliss-reactive ketones (excluding diaryl/α,β-unsaturated/α-hetero) is 1. The van der Waals surface area contributed by atoms with Crippen LogP contribution < -0.4 is 0 Å². The van der Waals surface area contributed by atoms with Crippen molar-refractivity contribution in [3.05, 3.63) is 77.5 Å². The number of hydrogen-bond donors (Lipinski definition) is 1. The second-order valence-electron chi connectivity index (χ2n) is 7.98. The van der Waals surface area contributed by atoms with Gasteiger partial charge in [-0.25, -0.2) is 14.1 Å². The summed E-state index contributed by atoms with van der Waals surface area (Å²) in [5, 5.41) is 18.1. The first-order chi connectivity index (χ1) is 16.0. The summed E-state index contributed by atoms with van der Waals surface area (Å²) >= 11 is 0. The Kier molecular flexibility index (Phi) is 5.94. The van der Waals surface area contributed by atoms with Crippen molar-refractivity contribution in [2.45, 2.75) is 38.6 Å². The molecule has 10 heteroatoms. The van der Waals surface area contributed by atoms with Crippen LogP contribution in [0.2, 0.25) is 0 Å². The van der Waals surface area contributed by atoms with Gasteiger partial charge in [-0.05, 0) is 47.4 Å². The predicted molar refractivity (Wildman–Crippen MR) is 117 cm³/mol. The molecule has 0 saturated heterocycles. The van der Waals surface area contributed by atoms with E-state index in [4.69, 9.17) is 0 Å². The molecule has 0 fully saturated rings. The summed E-state index contributed by atoms with van der Waals surface area (Å²) in [4.78, 5) is 16.5. The van der Waals surface area contributed by atoms with Gasteiger partial charge >= 0.3 is 6.18 Å². The number of fused-ring (bicyclic) bond motifs is 1. The Hall–Kier alpha value is -3.66. The standard InChI is InChI=1S/C24H20F4N4O2/c1-3-23(34,24(26,27)28)22-13-32(31-30-22)12-15-4-9-18-19(16-5-7-17(25)8-6-16)11-20(14(2)33)29-21(18)10-15/h4-11,13,34H,3,12H2,1-2H3/t23-/m1/s1. The maximum Gasteiger partial charge on any atom is 0.423 e. The molecule has 4 rings (SSSR count). The third kappa shape index (κ3) is 4.28. The molecular formula is C24H20F4N4O2. The Balaban J connectivity index is 1.73. The number of carbonyl (C=O) groups is 1. The Bertz CT molecular complexity index is 1370. The zero-order valence-electron chi connectivity index (χ0n) is 18.3. The number of halogens is 4. The average molecular weight is 472 g/mol. The fraction of sp³-hybridized carbons (Fsp3) is 0.250. The van der Waals surface area contributed by atoms with Gasteiger partial charge in [0.05, 0.1) is 18.3 Å². The van der Waals surface area contributed by atoms with Gasteiger partial charge < -0.3 is 5.11 Å². The Morgan fingerprint density at radius 2 is 1.79 bits per heavy atom. The molecule has 6 nitrogen and oxygen atoms in total. The number of hydrogen-bond acceptors (Lipinski definition) is 5. The molecule has 4 aromatic rings. The molecule has 0 amide bonds. The summed E-state index contributed by atoms with van der Waals surface area (Å²) in [7, 11) is 0. The van der Waals surface area contributed by atoms with Gasteiger partial charge in [0.2, 0.25) is 5.60 Å². The maximum atomic E-state index is 13.4.